The molecule has 1 N–H and O–H groups in total. The molecule has 126 valence electrons. The van der Waals surface area contributed by atoms with E-state index in [1.165, 1.54) is 12.5 Å². The van der Waals surface area contributed by atoms with Crippen LogP contribution in [-0.2, 0) is 11.2 Å². The highest BCUT2D eigenvalue weighted by molar-refractivity contribution is 5.94. The Bertz CT molecular complexity index is 665. The first kappa shape index (κ1) is 17.7. The summed E-state index contributed by atoms with van der Waals surface area (Å²) < 4.78 is 5.44. The largest absolute Gasteiger partial charge is 0.484 e. The fraction of sp³-hybridized carbons (Fsp3) is 0.300. The maximum atomic E-state index is 11.9. The van der Waals surface area contributed by atoms with Crippen molar-refractivity contribution in [3.63, 3.8) is 0 Å². The Morgan fingerprint density at radius 2 is 1.71 bits per heavy atom. The average Bonchev–Trinajstić information content (AvgIpc) is 2.59. The molecule has 0 bridgehead atoms. The molecule has 1 atom stereocenters. The van der Waals surface area contributed by atoms with E-state index >= 15 is 0 Å². The zero-order chi connectivity index (χ0) is 17.4. The Morgan fingerprint density at radius 1 is 1.04 bits per heavy atom. The molecule has 0 saturated carbocycles. The molecule has 1 unspecified atom stereocenters. The lowest BCUT2D eigenvalue weighted by molar-refractivity contribution is -0.123. The number of carbonyl (C=O) groups excluding carboxylic acids is 2. The highest BCUT2D eigenvalue weighted by Gasteiger charge is 2.08. The molecule has 0 aromatic heterocycles. The zero-order valence-electron chi connectivity index (χ0n) is 14.1. The Kier molecular flexibility index (Phi) is 6.55. The lowest BCUT2D eigenvalue weighted by atomic mass is 10.1. The minimum atomic E-state index is -0.147. The van der Waals surface area contributed by atoms with Gasteiger partial charge in [-0.2, -0.15) is 0 Å². The van der Waals surface area contributed by atoms with Gasteiger partial charge in [0.05, 0.1) is 0 Å². The summed E-state index contributed by atoms with van der Waals surface area (Å²) in [6.07, 6.45) is 1.80. The van der Waals surface area contributed by atoms with Crippen LogP contribution in [0.1, 0.15) is 36.2 Å². The van der Waals surface area contributed by atoms with Crippen LogP contribution in [0.15, 0.2) is 54.6 Å². The van der Waals surface area contributed by atoms with Crippen molar-refractivity contribution in [1.29, 1.82) is 0 Å². The molecule has 0 heterocycles. The molecule has 0 radical (unpaired) electrons. The molecule has 0 saturated heterocycles. The number of carbonyl (C=O) groups is 2. The SMILES string of the molecule is CC(=O)c1ccc(OCC(=O)NC(C)CCc2ccccc2)cc1. The molecular weight excluding hydrogens is 302 g/mol. The number of hydrogen-bond acceptors (Lipinski definition) is 3. The smallest absolute Gasteiger partial charge is 0.258 e. The molecule has 2 rings (SSSR count). The number of nitrogens with one attached hydrogen (secondary N) is 1. The summed E-state index contributed by atoms with van der Waals surface area (Å²) in [5.74, 6) is 0.435. The Balaban J connectivity index is 1.71. The number of benzene rings is 2. The molecule has 24 heavy (non-hydrogen) atoms. The van der Waals surface area contributed by atoms with Crippen LogP contribution in [0.3, 0.4) is 0 Å². The van der Waals surface area contributed by atoms with Gasteiger partial charge in [-0.25, -0.2) is 0 Å². The topological polar surface area (TPSA) is 55.4 Å². The van der Waals surface area contributed by atoms with Crippen LogP contribution in [0, 0.1) is 0 Å². The number of aryl methyl sites for hydroxylation is 1. The zero-order valence-corrected chi connectivity index (χ0v) is 14.1. The lowest BCUT2D eigenvalue weighted by Crippen LogP contribution is -2.36. The van der Waals surface area contributed by atoms with Crippen LogP contribution in [0.2, 0.25) is 0 Å². The van der Waals surface area contributed by atoms with E-state index in [2.05, 4.69) is 17.4 Å². The van der Waals surface area contributed by atoms with Crippen molar-refractivity contribution in [2.45, 2.75) is 32.7 Å². The average molecular weight is 325 g/mol. The third-order valence-corrected chi connectivity index (χ3v) is 3.75. The fourth-order valence-corrected chi connectivity index (χ4v) is 2.35. The van der Waals surface area contributed by atoms with E-state index in [4.69, 9.17) is 4.74 Å². The second-order valence-electron chi connectivity index (χ2n) is 5.86. The van der Waals surface area contributed by atoms with Crippen LogP contribution >= 0.6 is 0 Å². The van der Waals surface area contributed by atoms with Crippen molar-refractivity contribution < 1.29 is 14.3 Å². The highest BCUT2D eigenvalue weighted by atomic mass is 16.5. The quantitative estimate of drug-likeness (QED) is 0.757. The van der Waals surface area contributed by atoms with Gasteiger partial charge in [-0.15, -0.1) is 0 Å². The van der Waals surface area contributed by atoms with E-state index in [9.17, 15) is 9.59 Å². The van der Waals surface area contributed by atoms with Crippen molar-refractivity contribution in [2.24, 2.45) is 0 Å². The van der Waals surface area contributed by atoms with E-state index in [0.717, 1.165) is 12.8 Å². The number of rotatable bonds is 8. The molecule has 0 aliphatic carbocycles. The molecule has 4 nitrogen and oxygen atoms in total. The number of ketones is 1. The highest BCUT2D eigenvalue weighted by Crippen LogP contribution is 2.12. The molecule has 0 spiro atoms. The molecular formula is C20H23NO3. The first-order valence-corrected chi connectivity index (χ1v) is 8.11. The summed E-state index contributed by atoms with van der Waals surface area (Å²) in [5.41, 5.74) is 1.89. The van der Waals surface area contributed by atoms with Gasteiger partial charge in [0.25, 0.3) is 5.91 Å². The van der Waals surface area contributed by atoms with Gasteiger partial charge in [0, 0.05) is 11.6 Å². The Morgan fingerprint density at radius 3 is 2.33 bits per heavy atom. The third kappa shape index (κ3) is 5.88. The van der Waals surface area contributed by atoms with Crippen LogP contribution in [0.25, 0.3) is 0 Å². The van der Waals surface area contributed by atoms with Gasteiger partial charge in [0.15, 0.2) is 12.4 Å². The van der Waals surface area contributed by atoms with Crippen LogP contribution in [0.4, 0.5) is 0 Å². The van der Waals surface area contributed by atoms with E-state index in [-0.39, 0.29) is 24.3 Å². The molecule has 0 fully saturated rings. The van der Waals surface area contributed by atoms with E-state index in [1.807, 2.05) is 25.1 Å². The normalized spacial score (nSPS) is 11.6. The molecule has 4 heteroatoms. The van der Waals surface area contributed by atoms with Gasteiger partial charge in [0.1, 0.15) is 5.75 Å². The summed E-state index contributed by atoms with van der Waals surface area (Å²) in [6, 6.07) is 17.1. The summed E-state index contributed by atoms with van der Waals surface area (Å²) in [7, 11) is 0. The van der Waals surface area contributed by atoms with Crippen molar-refractivity contribution >= 4 is 11.7 Å². The number of ether oxygens (including phenoxy) is 1. The van der Waals surface area contributed by atoms with Gasteiger partial charge in [-0.05, 0) is 56.5 Å². The van der Waals surface area contributed by atoms with Crippen LogP contribution < -0.4 is 10.1 Å². The third-order valence-electron chi connectivity index (χ3n) is 3.75. The van der Waals surface area contributed by atoms with Gasteiger partial charge in [-0.3, -0.25) is 9.59 Å². The predicted molar refractivity (Wildman–Crippen MR) is 94.3 cm³/mol. The van der Waals surface area contributed by atoms with Gasteiger partial charge >= 0.3 is 0 Å². The maximum absolute atomic E-state index is 11.9. The first-order chi connectivity index (χ1) is 11.5. The number of Topliss-reactive ketones (excluding diaryl/α,β-unsaturated/α-hetero) is 1. The molecule has 0 aliphatic heterocycles. The minimum absolute atomic E-state index is 0.00605. The minimum Gasteiger partial charge on any atom is -0.484 e. The Hall–Kier alpha value is -2.62. The predicted octanol–water partition coefficient (Wildman–Crippen LogP) is 3.41. The van der Waals surface area contributed by atoms with E-state index in [1.54, 1.807) is 24.3 Å². The van der Waals surface area contributed by atoms with Crippen LogP contribution in [-0.4, -0.2) is 24.3 Å². The number of hydrogen-bond donors (Lipinski definition) is 1. The molecule has 0 aliphatic rings. The summed E-state index contributed by atoms with van der Waals surface area (Å²) in [4.78, 5) is 23.1. The van der Waals surface area contributed by atoms with Crippen molar-refractivity contribution in [3.8, 4) is 5.75 Å². The monoisotopic (exact) mass is 325 g/mol. The summed E-state index contributed by atoms with van der Waals surface area (Å²) in [5, 5.41) is 2.93. The van der Waals surface area contributed by atoms with Crippen molar-refractivity contribution in [2.75, 3.05) is 6.61 Å². The fourth-order valence-electron chi connectivity index (χ4n) is 2.35. The Labute approximate surface area is 142 Å². The van der Waals surface area contributed by atoms with Crippen LogP contribution in [0.5, 0.6) is 5.75 Å². The van der Waals surface area contributed by atoms with Gasteiger partial charge < -0.3 is 10.1 Å². The number of amides is 1. The van der Waals surface area contributed by atoms with Gasteiger partial charge in [0.2, 0.25) is 0 Å². The van der Waals surface area contributed by atoms with Gasteiger partial charge in [-0.1, -0.05) is 30.3 Å². The second kappa shape index (κ2) is 8.87. The van der Waals surface area contributed by atoms with Crippen molar-refractivity contribution in [3.05, 3.63) is 65.7 Å². The lowest BCUT2D eigenvalue weighted by Gasteiger charge is -2.14. The summed E-state index contributed by atoms with van der Waals surface area (Å²) >= 11 is 0. The molecule has 1 amide bonds. The van der Waals surface area contributed by atoms with E-state index < -0.39 is 0 Å². The standard InChI is InChI=1S/C20H23NO3/c1-15(8-9-17-6-4-3-5-7-17)21-20(23)14-24-19-12-10-18(11-13-19)16(2)22/h3-7,10-13,15H,8-9,14H2,1-2H3,(H,21,23). The van der Waals surface area contributed by atoms with E-state index in [0.29, 0.717) is 11.3 Å². The second-order valence-corrected chi connectivity index (χ2v) is 5.86. The summed E-state index contributed by atoms with van der Waals surface area (Å²) in [6.45, 7) is 3.47. The first-order valence-electron chi connectivity index (χ1n) is 8.11. The molecule has 2 aromatic rings. The molecule has 2 aromatic carbocycles. The maximum Gasteiger partial charge on any atom is 0.258 e. The van der Waals surface area contributed by atoms with Crippen molar-refractivity contribution in [1.82, 2.24) is 5.32 Å².